The lowest BCUT2D eigenvalue weighted by atomic mass is 10.1. The number of para-hydroxylation sites is 1. The number of fused-ring (bicyclic) bond motifs is 1. The molecule has 0 saturated carbocycles. The van der Waals surface area contributed by atoms with Crippen LogP contribution < -0.4 is 10.3 Å². The highest BCUT2D eigenvalue weighted by Crippen LogP contribution is 2.31. The van der Waals surface area contributed by atoms with Gasteiger partial charge in [0.2, 0.25) is 0 Å². The van der Waals surface area contributed by atoms with E-state index >= 15 is 0 Å². The molecule has 2 aromatic carbocycles. The van der Waals surface area contributed by atoms with Gasteiger partial charge in [-0.2, -0.15) is 0 Å². The molecule has 0 spiro atoms. The molecule has 0 aliphatic carbocycles. The number of nitrogens with zero attached hydrogens (tertiary/aromatic N) is 2. The number of hydrogen-bond donors (Lipinski definition) is 0. The highest BCUT2D eigenvalue weighted by atomic mass is 32.2. The van der Waals surface area contributed by atoms with E-state index in [1.54, 1.807) is 28.0 Å². The van der Waals surface area contributed by atoms with Crippen LogP contribution in [0.4, 0.5) is 4.39 Å². The van der Waals surface area contributed by atoms with E-state index in [0.29, 0.717) is 28.6 Å². The molecule has 2 heterocycles. The topological polar surface area (TPSA) is 44.1 Å². The molecule has 0 atom stereocenters. The summed E-state index contributed by atoms with van der Waals surface area (Å²) in [7, 11) is 0. The molecule has 0 aliphatic rings. The van der Waals surface area contributed by atoms with E-state index in [2.05, 4.69) is 6.92 Å². The number of aromatic nitrogens is 2. The Balaban J connectivity index is 1.70. The van der Waals surface area contributed by atoms with E-state index in [1.165, 1.54) is 28.8 Å². The Morgan fingerprint density at radius 3 is 2.58 bits per heavy atom. The van der Waals surface area contributed by atoms with Crippen molar-refractivity contribution >= 4 is 33.3 Å². The predicted octanol–water partition coefficient (Wildman–Crippen LogP) is 6.02. The van der Waals surface area contributed by atoms with Crippen LogP contribution in [0.5, 0.6) is 5.75 Å². The number of aryl methyl sites for hydroxylation is 2. The van der Waals surface area contributed by atoms with Crippen molar-refractivity contribution in [3.8, 4) is 11.4 Å². The van der Waals surface area contributed by atoms with Crippen LogP contribution in [0.3, 0.4) is 0 Å². The summed E-state index contributed by atoms with van der Waals surface area (Å²) in [6.07, 6.45) is 1.94. The molecular weight excluding hydrogens is 431 g/mol. The molecule has 4 rings (SSSR count). The van der Waals surface area contributed by atoms with Crippen molar-refractivity contribution in [1.82, 2.24) is 9.55 Å². The van der Waals surface area contributed by atoms with Crippen molar-refractivity contribution in [2.45, 2.75) is 31.8 Å². The molecule has 0 aliphatic heterocycles. The molecule has 0 unspecified atom stereocenters. The molecule has 0 bridgehead atoms. The summed E-state index contributed by atoms with van der Waals surface area (Å²) in [5.41, 5.74) is 1.49. The third-order valence-electron chi connectivity index (χ3n) is 4.92. The predicted molar refractivity (Wildman–Crippen MR) is 127 cm³/mol. The third-order valence-corrected chi connectivity index (χ3v) is 7.07. The summed E-state index contributed by atoms with van der Waals surface area (Å²) < 4.78 is 20.9. The number of thioether (sulfide) groups is 1. The van der Waals surface area contributed by atoms with E-state index in [0.717, 1.165) is 29.0 Å². The van der Waals surface area contributed by atoms with Crippen LogP contribution >= 0.6 is 23.1 Å². The van der Waals surface area contributed by atoms with Crippen LogP contribution in [0.1, 0.15) is 23.8 Å². The molecule has 4 nitrogen and oxygen atoms in total. The minimum absolute atomic E-state index is 0.112. The van der Waals surface area contributed by atoms with Crippen molar-refractivity contribution in [1.29, 1.82) is 0 Å². The van der Waals surface area contributed by atoms with Gasteiger partial charge in [0.25, 0.3) is 5.56 Å². The second kappa shape index (κ2) is 9.66. The minimum Gasteiger partial charge on any atom is -0.493 e. The zero-order chi connectivity index (χ0) is 21.8. The van der Waals surface area contributed by atoms with Gasteiger partial charge >= 0.3 is 0 Å². The van der Waals surface area contributed by atoms with E-state index in [9.17, 15) is 9.18 Å². The lowest BCUT2D eigenvalue weighted by Crippen LogP contribution is -2.22. The highest BCUT2D eigenvalue weighted by Gasteiger charge is 2.19. The zero-order valence-corrected chi connectivity index (χ0v) is 19.1. The van der Waals surface area contributed by atoms with Crippen LogP contribution in [-0.2, 0) is 6.42 Å². The van der Waals surface area contributed by atoms with Gasteiger partial charge in [-0.15, -0.1) is 11.3 Å². The van der Waals surface area contributed by atoms with Crippen molar-refractivity contribution in [2.24, 2.45) is 0 Å². The van der Waals surface area contributed by atoms with Gasteiger partial charge in [-0.3, -0.25) is 9.36 Å². The van der Waals surface area contributed by atoms with Crippen molar-refractivity contribution in [2.75, 3.05) is 12.4 Å². The zero-order valence-electron chi connectivity index (χ0n) is 17.4. The van der Waals surface area contributed by atoms with Crippen LogP contribution in [0.2, 0.25) is 0 Å². The first-order chi connectivity index (χ1) is 15.1. The van der Waals surface area contributed by atoms with Gasteiger partial charge in [0, 0.05) is 10.6 Å². The maximum atomic E-state index is 13.5. The van der Waals surface area contributed by atoms with E-state index in [4.69, 9.17) is 9.72 Å². The summed E-state index contributed by atoms with van der Waals surface area (Å²) in [6.45, 7) is 4.60. The van der Waals surface area contributed by atoms with E-state index < -0.39 is 0 Å². The van der Waals surface area contributed by atoms with Crippen molar-refractivity contribution < 1.29 is 9.13 Å². The first-order valence-electron chi connectivity index (χ1n) is 10.2. The summed E-state index contributed by atoms with van der Waals surface area (Å²) in [5.74, 6) is 1.09. The number of hydrogen-bond acceptors (Lipinski definition) is 5. The molecule has 0 saturated heterocycles. The molecular formula is C24H23FN2O2S2. The van der Waals surface area contributed by atoms with Gasteiger partial charge in [-0.25, -0.2) is 9.37 Å². The van der Waals surface area contributed by atoms with Gasteiger partial charge < -0.3 is 4.74 Å². The minimum atomic E-state index is -0.340. The van der Waals surface area contributed by atoms with E-state index in [-0.39, 0.29) is 11.4 Å². The molecule has 0 fully saturated rings. The Bertz CT molecular complexity index is 1230. The van der Waals surface area contributed by atoms with Gasteiger partial charge in [0.15, 0.2) is 5.16 Å². The highest BCUT2D eigenvalue weighted by molar-refractivity contribution is 7.99. The average molecular weight is 455 g/mol. The third kappa shape index (κ3) is 4.67. The fourth-order valence-electron chi connectivity index (χ4n) is 3.40. The van der Waals surface area contributed by atoms with Gasteiger partial charge in [0.05, 0.1) is 17.7 Å². The monoisotopic (exact) mass is 454 g/mol. The molecule has 31 heavy (non-hydrogen) atoms. The smallest absolute Gasteiger partial charge is 0.267 e. The number of benzene rings is 2. The molecule has 2 aromatic heterocycles. The van der Waals surface area contributed by atoms with Gasteiger partial charge in [-0.1, -0.05) is 43.3 Å². The molecule has 0 N–H and O–H groups in total. The van der Waals surface area contributed by atoms with Crippen LogP contribution in [0.15, 0.2) is 64.5 Å². The Kier molecular flexibility index (Phi) is 6.73. The summed E-state index contributed by atoms with van der Waals surface area (Å²) in [5, 5.41) is 1.24. The van der Waals surface area contributed by atoms with Crippen molar-refractivity contribution in [3.05, 3.63) is 81.2 Å². The quantitative estimate of drug-likeness (QED) is 0.186. The standard InChI is InChI=1S/C24H23FN2O2S2/c1-3-7-20-16(2)21-22(31-20)26-24(30-15-14-29-19-8-5-4-6-9-19)27(23(21)28)18-12-10-17(25)11-13-18/h4-6,8-13H,3,7,14-15H2,1-2H3. The average Bonchev–Trinajstić information content (AvgIpc) is 3.09. The number of halogens is 1. The van der Waals surface area contributed by atoms with E-state index in [1.807, 2.05) is 37.3 Å². The lowest BCUT2D eigenvalue weighted by Gasteiger charge is -2.12. The van der Waals surface area contributed by atoms with Gasteiger partial charge in [-0.05, 0) is 55.3 Å². The summed E-state index contributed by atoms with van der Waals surface area (Å²) in [4.78, 5) is 20.3. The Labute approximate surface area is 188 Å². The molecule has 7 heteroatoms. The molecule has 0 radical (unpaired) electrons. The second-order valence-corrected chi connectivity index (χ2v) is 9.25. The molecule has 160 valence electrons. The number of thiophene rings is 1. The second-order valence-electron chi connectivity index (χ2n) is 7.10. The summed E-state index contributed by atoms with van der Waals surface area (Å²) >= 11 is 3.05. The molecule has 4 aromatic rings. The number of rotatable bonds is 8. The fourth-order valence-corrected chi connectivity index (χ4v) is 5.55. The fraction of sp³-hybridized carbons (Fsp3) is 0.250. The largest absolute Gasteiger partial charge is 0.493 e. The molecule has 0 amide bonds. The van der Waals surface area contributed by atoms with Gasteiger partial charge in [0.1, 0.15) is 16.4 Å². The first-order valence-corrected chi connectivity index (χ1v) is 12.0. The normalized spacial score (nSPS) is 11.2. The SMILES string of the molecule is CCCc1sc2nc(SCCOc3ccccc3)n(-c3ccc(F)cc3)c(=O)c2c1C. The Morgan fingerprint density at radius 2 is 1.87 bits per heavy atom. The maximum absolute atomic E-state index is 13.5. The number of ether oxygens (including phenoxy) is 1. The van der Waals surface area contributed by atoms with Crippen molar-refractivity contribution in [3.63, 3.8) is 0 Å². The Morgan fingerprint density at radius 1 is 1.13 bits per heavy atom. The first kappa shape index (κ1) is 21.6. The lowest BCUT2D eigenvalue weighted by molar-refractivity contribution is 0.344. The Hall–Kier alpha value is -2.64. The van der Waals surface area contributed by atoms with Crippen LogP contribution in [-0.4, -0.2) is 21.9 Å². The van der Waals surface area contributed by atoms with Crippen LogP contribution in [0, 0.1) is 12.7 Å². The van der Waals surface area contributed by atoms with Crippen LogP contribution in [0.25, 0.3) is 15.9 Å². The summed E-state index contributed by atoms with van der Waals surface area (Å²) in [6, 6.07) is 15.6. The maximum Gasteiger partial charge on any atom is 0.267 e.